The second kappa shape index (κ2) is 6.53. The van der Waals surface area contributed by atoms with Crippen molar-refractivity contribution in [1.29, 1.82) is 0 Å². The second-order valence-corrected chi connectivity index (χ2v) is 5.01. The quantitative estimate of drug-likeness (QED) is 0.800. The summed E-state index contributed by atoms with van der Waals surface area (Å²) in [6.45, 7) is 4.53. The summed E-state index contributed by atoms with van der Waals surface area (Å²) in [5.41, 5.74) is 0.710. The smallest absolute Gasteiger partial charge is 0.369 e. The average Bonchev–Trinajstić information content (AvgIpc) is 2.28. The Morgan fingerprint density at radius 2 is 1.94 bits per heavy atom. The molecule has 1 aromatic rings. The van der Waals surface area contributed by atoms with Gasteiger partial charge in [-0.3, -0.25) is 0 Å². The molecule has 3 nitrogen and oxygen atoms in total. The Bertz CT molecular complexity index is 407. The number of halogens is 4. The minimum atomic E-state index is -4.17. The number of nitrogens with one attached hydrogen (secondary N) is 1. The maximum absolute atomic E-state index is 12.2. The lowest BCUT2D eigenvalue weighted by molar-refractivity contribution is -0.134. The third-order valence-electron chi connectivity index (χ3n) is 2.24. The largest absolute Gasteiger partial charge is 0.389 e. The van der Waals surface area contributed by atoms with Gasteiger partial charge in [0.25, 0.3) is 0 Å². The highest BCUT2D eigenvalue weighted by Gasteiger charge is 2.27. The topological polar surface area (TPSA) is 37.8 Å². The molecular weight excluding hydrogens is 358 g/mol. The van der Waals surface area contributed by atoms with Gasteiger partial charge in [-0.05, 0) is 35.9 Å². The molecule has 1 heterocycles. The molecule has 7 heteroatoms. The first kappa shape index (κ1) is 15.5. The van der Waals surface area contributed by atoms with Crippen molar-refractivity contribution in [2.75, 3.05) is 11.9 Å². The van der Waals surface area contributed by atoms with Crippen LogP contribution in [0.2, 0.25) is 0 Å². The van der Waals surface area contributed by atoms with Crippen LogP contribution in [-0.4, -0.2) is 22.7 Å². The number of anilines is 1. The molecule has 18 heavy (non-hydrogen) atoms. The summed E-state index contributed by atoms with van der Waals surface area (Å²) in [5.74, 6) is 0.867. The number of hydrogen-bond donors (Lipinski definition) is 1. The normalized spacial score (nSPS) is 11.7. The van der Waals surface area contributed by atoms with E-state index in [0.29, 0.717) is 11.5 Å². The van der Waals surface area contributed by atoms with Crippen LogP contribution in [0.25, 0.3) is 0 Å². The molecule has 0 aliphatic heterocycles. The molecular formula is C11H15F3IN3. The number of hydrogen-bond acceptors (Lipinski definition) is 3. The fourth-order valence-electron chi connectivity index (χ4n) is 1.34. The van der Waals surface area contributed by atoms with E-state index in [4.69, 9.17) is 0 Å². The Labute approximate surface area is 118 Å². The lowest BCUT2D eigenvalue weighted by Gasteiger charge is -2.11. The third-order valence-corrected chi connectivity index (χ3v) is 3.53. The van der Waals surface area contributed by atoms with Gasteiger partial charge in [-0.2, -0.15) is 13.2 Å². The van der Waals surface area contributed by atoms with Gasteiger partial charge in [-0.25, -0.2) is 9.97 Å². The molecule has 0 atom stereocenters. The van der Waals surface area contributed by atoms with Crippen molar-refractivity contribution in [3.05, 3.63) is 15.1 Å². The lowest BCUT2D eigenvalue weighted by Crippen LogP contribution is -2.13. The summed E-state index contributed by atoms with van der Waals surface area (Å²) in [5, 5.41) is 3.10. The fraction of sp³-hybridized carbons (Fsp3) is 0.636. The number of aromatic nitrogens is 2. The zero-order valence-corrected chi connectivity index (χ0v) is 12.4. The van der Waals surface area contributed by atoms with Crippen LogP contribution in [0.15, 0.2) is 0 Å². The summed E-state index contributed by atoms with van der Waals surface area (Å²) in [6, 6.07) is 0. The van der Waals surface area contributed by atoms with Crippen molar-refractivity contribution in [2.45, 2.75) is 39.3 Å². The molecule has 1 N–H and O–H groups in total. The van der Waals surface area contributed by atoms with Crippen LogP contribution in [0.3, 0.4) is 0 Å². The van der Waals surface area contributed by atoms with E-state index in [2.05, 4.69) is 37.9 Å². The summed E-state index contributed by atoms with van der Waals surface area (Å²) in [4.78, 5) is 8.23. The molecule has 0 spiro atoms. The third kappa shape index (κ3) is 4.95. The van der Waals surface area contributed by atoms with Crippen LogP contribution in [-0.2, 0) is 6.42 Å². The summed E-state index contributed by atoms with van der Waals surface area (Å²) < 4.78 is 37.3. The molecule has 102 valence electrons. The van der Waals surface area contributed by atoms with Crippen LogP contribution in [0.4, 0.5) is 19.0 Å². The summed E-state index contributed by atoms with van der Waals surface area (Å²) in [6.07, 6.45) is -4.31. The maximum Gasteiger partial charge on any atom is 0.389 e. The van der Waals surface area contributed by atoms with Gasteiger partial charge < -0.3 is 5.32 Å². The Balaban J connectivity index is 2.83. The molecule has 0 aromatic carbocycles. The first-order chi connectivity index (χ1) is 8.33. The molecule has 0 aliphatic carbocycles. The number of nitrogens with zero attached hydrogens (tertiary/aromatic N) is 2. The van der Waals surface area contributed by atoms with Crippen LogP contribution < -0.4 is 5.32 Å². The van der Waals surface area contributed by atoms with Crippen molar-refractivity contribution in [2.24, 2.45) is 0 Å². The highest BCUT2D eigenvalue weighted by Crippen LogP contribution is 2.23. The van der Waals surface area contributed by atoms with Crippen molar-refractivity contribution in [3.63, 3.8) is 0 Å². The van der Waals surface area contributed by atoms with E-state index >= 15 is 0 Å². The summed E-state index contributed by atoms with van der Waals surface area (Å²) in [7, 11) is 0. The molecule has 0 bridgehead atoms. The molecule has 0 saturated carbocycles. The van der Waals surface area contributed by atoms with E-state index in [0.717, 1.165) is 16.5 Å². The van der Waals surface area contributed by atoms with Crippen LogP contribution in [0.5, 0.6) is 0 Å². The highest BCUT2D eigenvalue weighted by atomic mass is 127. The zero-order valence-electron chi connectivity index (χ0n) is 10.2. The van der Waals surface area contributed by atoms with E-state index in [1.807, 2.05) is 6.92 Å². The van der Waals surface area contributed by atoms with E-state index in [9.17, 15) is 13.2 Å². The monoisotopic (exact) mass is 373 g/mol. The molecule has 0 aliphatic rings. The van der Waals surface area contributed by atoms with E-state index in [1.165, 1.54) is 0 Å². The van der Waals surface area contributed by atoms with Crippen molar-refractivity contribution in [1.82, 2.24) is 9.97 Å². The molecule has 0 amide bonds. The van der Waals surface area contributed by atoms with Crippen molar-refractivity contribution >= 4 is 28.4 Å². The molecule has 0 saturated heterocycles. The molecule has 0 fully saturated rings. The second-order valence-electron chi connectivity index (χ2n) is 3.93. The predicted molar refractivity (Wildman–Crippen MR) is 72.6 cm³/mol. The van der Waals surface area contributed by atoms with Gasteiger partial charge in [-0.1, -0.05) is 6.92 Å². The number of alkyl halides is 3. The van der Waals surface area contributed by atoms with Gasteiger partial charge in [0.05, 0.1) is 15.7 Å². The predicted octanol–water partition coefficient (Wildman–Crippen LogP) is 3.71. The average molecular weight is 373 g/mol. The Hall–Kier alpha value is -0.600. The number of rotatable bonds is 5. The van der Waals surface area contributed by atoms with Crippen LogP contribution >= 0.6 is 22.6 Å². The van der Waals surface area contributed by atoms with Crippen LogP contribution in [0, 0.1) is 10.5 Å². The van der Waals surface area contributed by atoms with Crippen molar-refractivity contribution < 1.29 is 13.2 Å². The Morgan fingerprint density at radius 3 is 2.50 bits per heavy atom. The van der Waals surface area contributed by atoms with E-state index < -0.39 is 12.6 Å². The summed E-state index contributed by atoms with van der Waals surface area (Å²) >= 11 is 2.10. The zero-order chi connectivity index (χ0) is 13.8. The Kier molecular flexibility index (Phi) is 5.61. The van der Waals surface area contributed by atoms with Gasteiger partial charge >= 0.3 is 6.18 Å². The van der Waals surface area contributed by atoms with Crippen molar-refractivity contribution in [3.8, 4) is 0 Å². The highest BCUT2D eigenvalue weighted by molar-refractivity contribution is 14.1. The van der Waals surface area contributed by atoms with Gasteiger partial charge in [0.1, 0.15) is 11.6 Å². The molecule has 0 radical (unpaired) electrons. The minimum Gasteiger partial charge on any atom is -0.369 e. The first-order valence-corrected chi connectivity index (χ1v) is 6.75. The number of aryl methyl sites for hydroxylation is 2. The SMILES string of the molecule is CCCNc1nc(CCC(F)(F)F)nc(C)c1I. The first-order valence-electron chi connectivity index (χ1n) is 5.67. The van der Waals surface area contributed by atoms with Gasteiger partial charge in [0.15, 0.2) is 0 Å². The van der Waals surface area contributed by atoms with E-state index in [-0.39, 0.29) is 12.2 Å². The van der Waals surface area contributed by atoms with Gasteiger partial charge in [-0.15, -0.1) is 0 Å². The Morgan fingerprint density at radius 1 is 1.28 bits per heavy atom. The molecule has 1 aromatic heterocycles. The molecule has 0 unspecified atom stereocenters. The van der Waals surface area contributed by atoms with E-state index in [1.54, 1.807) is 6.92 Å². The molecule has 1 rings (SSSR count). The maximum atomic E-state index is 12.2. The minimum absolute atomic E-state index is 0.179. The standard InChI is InChI=1S/C11H15F3IN3/c1-3-6-16-10-9(15)7(2)17-8(18-10)4-5-11(12,13)14/h3-6H2,1-2H3,(H,16,17,18). The van der Waals surface area contributed by atoms with Gasteiger partial charge in [0.2, 0.25) is 0 Å². The van der Waals surface area contributed by atoms with Crippen LogP contribution in [0.1, 0.15) is 31.3 Å². The lowest BCUT2D eigenvalue weighted by atomic mass is 10.2. The fourth-order valence-corrected chi connectivity index (χ4v) is 1.77. The van der Waals surface area contributed by atoms with Gasteiger partial charge in [0, 0.05) is 13.0 Å².